The third kappa shape index (κ3) is 7.58. The molecule has 0 spiro atoms. The van der Waals surface area contributed by atoms with Crippen LogP contribution in [0.1, 0.15) is 12.8 Å². The van der Waals surface area contributed by atoms with E-state index in [1.54, 1.807) is 11.8 Å². The summed E-state index contributed by atoms with van der Waals surface area (Å²) in [6.45, 7) is 2.10. The second-order valence-corrected chi connectivity index (χ2v) is 7.00. The summed E-state index contributed by atoms with van der Waals surface area (Å²) in [7, 11) is -3.48. The number of nitrogens with two attached hydrogens (primary N) is 1. The van der Waals surface area contributed by atoms with Crippen molar-refractivity contribution in [2.45, 2.75) is 18.1 Å². The lowest BCUT2D eigenvalue weighted by Crippen LogP contribution is -2.34. The van der Waals surface area contributed by atoms with E-state index in [0.717, 1.165) is 25.9 Å². The topological polar surface area (TPSA) is 101 Å². The van der Waals surface area contributed by atoms with Crippen molar-refractivity contribution in [1.82, 2.24) is 10.6 Å². The van der Waals surface area contributed by atoms with Crippen LogP contribution in [-0.2, 0) is 14.8 Å². The van der Waals surface area contributed by atoms with Gasteiger partial charge in [0, 0.05) is 11.8 Å². The molecule has 0 radical (unpaired) electrons. The Hall–Kier alpha value is -0.310. The van der Waals surface area contributed by atoms with Gasteiger partial charge in [-0.05, 0) is 25.9 Å². The van der Waals surface area contributed by atoms with E-state index >= 15 is 0 Å². The lowest BCUT2D eigenvalue weighted by molar-refractivity contribution is -0.118. The number of nitrogens with one attached hydrogen (secondary N) is 2. The van der Waals surface area contributed by atoms with E-state index in [4.69, 9.17) is 5.14 Å². The molecule has 1 fully saturated rings. The highest BCUT2D eigenvalue weighted by atomic mass is 32.2. The van der Waals surface area contributed by atoms with Gasteiger partial charge in [0.15, 0.2) is 0 Å². The second-order valence-electron chi connectivity index (χ2n) is 3.98. The van der Waals surface area contributed by atoms with Gasteiger partial charge in [0.1, 0.15) is 0 Å². The van der Waals surface area contributed by atoms with Crippen LogP contribution in [-0.4, -0.2) is 50.7 Å². The third-order valence-electron chi connectivity index (χ3n) is 2.45. The van der Waals surface area contributed by atoms with Gasteiger partial charge in [-0.1, -0.05) is 0 Å². The standard InChI is InChI=1S/C9H19N3O3S2/c10-17(14,15)6-5-12-9(13)7-16-8-1-3-11-4-2-8/h8,11H,1-7H2,(H,12,13)(H2,10,14,15). The minimum atomic E-state index is -3.48. The summed E-state index contributed by atoms with van der Waals surface area (Å²) in [4.78, 5) is 11.4. The molecule has 1 saturated heterocycles. The lowest BCUT2D eigenvalue weighted by atomic mass is 10.2. The number of thioether (sulfide) groups is 1. The molecular weight excluding hydrogens is 262 g/mol. The van der Waals surface area contributed by atoms with E-state index in [9.17, 15) is 13.2 Å². The molecule has 0 aliphatic carbocycles. The number of carbonyl (C=O) groups is 1. The van der Waals surface area contributed by atoms with Gasteiger partial charge in [-0.25, -0.2) is 13.6 Å². The van der Waals surface area contributed by atoms with Gasteiger partial charge in [-0.15, -0.1) is 11.8 Å². The van der Waals surface area contributed by atoms with Crippen LogP contribution in [0.2, 0.25) is 0 Å². The molecule has 0 atom stereocenters. The molecule has 8 heteroatoms. The monoisotopic (exact) mass is 281 g/mol. The Morgan fingerprint density at radius 2 is 2.06 bits per heavy atom. The Labute approximate surface area is 106 Å². The number of hydrogen-bond donors (Lipinski definition) is 3. The molecule has 100 valence electrons. The molecule has 1 aliphatic rings. The summed E-state index contributed by atoms with van der Waals surface area (Å²) in [6, 6.07) is 0. The largest absolute Gasteiger partial charge is 0.354 e. The highest BCUT2D eigenvalue weighted by Crippen LogP contribution is 2.19. The summed E-state index contributed by atoms with van der Waals surface area (Å²) >= 11 is 1.63. The number of rotatable bonds is 6. The van der Waals surface area contributed by atoms with Crippen LogP contribution in [0.15, 0.2) is 0 Å². The van der Waals surface area contributed by atoms with Gasteiger partial charge in [-0.3, -0.25) is 4.79 Å². The van der Waals surface area contributed by atoms with Crippen molar-refractivity contribution >= 4 is 27.7 Å². The van der Waals surface area contributed by atoms with Gasteiger partial charge in [0.2, 0.25) is 15.9 Å². The number of sulfonamides is 1. The summed E-state index contributed by atoms with van der Waals surface area (Å²) in [5.74, 6) is 0.0451. The highest BCUT2D eigenvalue weighted by Gasteiger charge is 2.14. The fourth-order valence-electron chi connectivity index (χ4n) is 1.54. The highest BCUT2D eigenvalue weighted by molar-refractivity contribution is 8.00. The first kappa shape index (κ1) is 14.7. The van der Waals surface area contributed by atoms with Gasteiger partial charge in [0.05, 0.1) is 11.5 Å². The maximum Gasteiger partial charge on any atom is 0.230 e. The maximum absolute atomic E-state index is 11.4. The van der Waals surface area contributed by atoms with E-state index in [-0.39, 0.29) is 18.2 Å². The van der Waals surface area contributed by atoms with E-state index < -0.39 is 10.0 Å². The van der Waals surface area contributed by atoms with Crippen LogP contribution in [0.4, 0.5) is 0 Å². The van der Waals surface area contributed by atoms with Crippen molar-refractivity contribution in [3.8, 4) is 0 Å². The predicted octanol–water partition coefficient (Wildman–Crippen LogP) is -1.12. The minimum Gasteiger partial charge on any atom is -0.354 e. The first-order chi connectivity index (χ1) is 7.97. The molecule has 6 nitrogen and oxygen atoms in total. The van der Waals surface area contributed by atoms with Gasteiger partial charge in [-0.2, -0.15) is 0 Å². The van der Waals surface area contributed by atoms with Crippen molar-refractivity contribution in [2.24, 2.45) is 5.14 Å². The molecule has 1 rings (SSSR count). The predicted molar refractivity (Wildman–Crippen MR) is 69.3 cm³/mol. The Morgan fingerprint density at radius 3 is 2.65 bits per heavy atom. The molecule has 17 heavy (non-hydrogen) atoms. The van der Waals surface area contributed by atoms with Crippen LogP contribution in [0.25, 0.3) is 0 Å². The summed E-state index contributed by atoms with van der Waals surface area (Å²) in [6.07, 6.45) is 2.16. The molecule has 1 heterocycles. The maximum atomic E-state index is 11.4. The van der Waals surface area contributed by atoms with Gasteiger partial charge in [0.25, 0.3) is 0 Å². The normalized spacial score (nSPS) is 17.9. The zero-order valence-electron chi connectivity index (χ0n) is 9.65. The first-order valence-electron chi connectivity index (χ1n) is 5.57. The average molecular weight is 281 g/mol. The summed E-state index contributed by atoms with van der Waals surface area (Å²) in [5.41, 5.74) is 0. The molecular formula is C9H19N3O3S2. The second kappa shape index (κ2) is 7.20. The molecule has 0 aromatic rings. The molecule has 0 unspecified atom stereocenters. The van der Waals surface area contributed by atoms with Crippen molar-refractivity contribution in [1.29, 1.82) is 0 Å². The van der Waals surface area contributed by atoms with E-state index in [2.05, 4.69) is 10.6 Å². The van der Waals surface area contributed by atoms with E-state index in [1.807, 2.05) is 0 Å². The molecule has 0 aromatic heterocycles. The fourth-order valence-corrected chi connectivity index (χ4v) is 2.98. The number of primary sulfonamides is 1. The average Bonchev–Trinajstić information content (AvgIpc) is 2.26. The first-order valence-corrected chi connectivity index (χ1v) is 8.33. The zero-order valence-corrected chi connectivity index (χ0v) is 11.3. The van der Waals surface area contributed by atoms with Crippen molar-refractivity contribution < 1.29 is 13.2 Å². The fraction of sp³-hybridized carbons (Fsp3) is 0.889. The van der Waals surface area contributed by atoms with Crippen molar-refractivity contribution in [3.05, 3.63) is 0 Å². The molecule has 0 saturated carbocycles. The lowest BCUT2D eigenvalue weighted by Gasteiger charge is -2.21. The Kier molecular flexibility index (Phi) is 6.24. The van der Waals surface area contributed by atoms with Gasteiger partial charge >= 0.3 is 0 Å². The van der Waals surface area contributed by atoms with Crippen LogP contribution in [0.5, 0.6) is 0 Å². The smallest absolute Gasteiger partial charge is 0.230 e. The minimum absolute atomic E-state index is 0.0877. The molecule has 0 aromatic carbocycles. The quantitative estimate of drug-likeness (QED) is 0.572. The van der Waals surface area contributed by atoms with E-state index in [1.165, 1.54) is 0 Å². The molecule has 4 N–H and O–H groups in total. The number of carbonyl (C=O) groups excluding carboxylic acids is 1. The van der Waals surface area contributed by atoms with Crippen LogP contribution >= 0.6 is 11.8 Å². The van der Waals surface area contributed by atoms with Crippen molar-refractivity contribution in [2.75, 3.05) is 31.1 Å². The van der Waals surface area contributed by atoms with Crippen molar-refractivity contribution in [3.63, 3.8) is 0 Å². The Balaban J connectivity index is 2.08. The van der Waals surface area contributed by atoms with Gasteiger partial charge < -0.3 is 10.6 Å². The molecule has 1 amide bonds. The summed E-state index contributed by atoms with van der Waals surface area (Å²) in [5, 5.41) is 11.2. The number of hydrogen-bond acceptors (Lipinski definition) is 5. The molecule has 0 bridgehead atoms. The SMILES string of the molecule is NS(=O)(=O)CCNC(=O)CSC1CCNCC1. The Morgan fingerprint density at radius 1 is 1.41 bits per heavy atom. The van der Waals surface area contributed by atoms with Crippen LogP contribution in [0, 0.1) is 0 Å². The Bertz CT molecular complexity index is 339. The van der Waals surface area contributed by atoms with Crippen LogP contribution < -0.4 is 15.8 Å². The molecule has 1 aliphatic heterocycles. The van der Waals surface area contributed by atoms with Crippen LogP contribution in [0.3, 0.4) is 0 Å². The third-order valence-corrected chi connectivity index (χ3v) is 4.59. The number of amides is 1. The van der Waals surface area contributed by atoms with E-state index in [0.29, 0.717) is 11.0 Å². The summed E-state index contributed by atoms with van der Waals surface area (Å²) < 4.78 is 21.3. The number of piperidine rings is 1. The zero-order chi connectivity index (χ0) is 12.7.